The highest BCUT2D eigenvalue weighted by molar-refractivity contribution is 5.92. The van der Waals surface area contributed by atoms with E-state index in [4.69, 9.17) is 0 Å². The number of carbonyl (C=O) groups excluding carboxylic acids is 2. The second-order valence-corrected chi connectivity index (χ2v) is 3.01. The first-order valence-electron chi connectivity index (χ1n) is 4.25. The van der Waals surface area contributed by atoms with Crippen LogP contribution in [0.15, 0.2) is 6.20 Å². The maximum Gasteiger partial charge on any atom is 0.404 e. The molecule has 0 saturated carbocycles. The summed E-state index contributed by atoms with van der Waals surface area (Å²) in [6, 6.07) is 0. The van der Waals surface area contributed by atoms with Gasteiger partial charge >= 0.3 is 11.8 Å². The zero-order valence-corrected chi connectivity index (χ0v) is 8.67. The number of hydrogen-bond acceptors (Lipinski definition) is 6. The van der Waals surface area contributed by atoms with Gasteiger partial charge in [-0.1, -0.05) is 0 Å². The number of rotatable bonds is 4. The molecule has 8 nitrogen and oxygen atoms in total. The second kappa shape index (κ2) is 4.51. The third-order valence-corrected chi connectivity index (χ3v) is 1.71. The molecule has 0 fully saturated rings. The van der Waals surface area contributed by atoms with E-state index in [-0.39, 0.29) is 17.9 Å². The first-order chi connectivity index (χ1) is 7.45. The van der Waals surface area contributed by atoms with E-state index in [0.717, 1.165) is 18.0 Å². The van der Waals surface area contributed by atoms with E-state index in [1.165, 1.54) is 6.92 Å². The lowest BCUT2D eigenvalue weighted by Crippen LogP contribution is -2.06. The van der Waals surface area contributed by atoms with Gasteiger partial charge in [0.2, 0.25) is 0 Å². The summed E-state index contributed by atoms with van der Waals surface area (Å²) in [5.74, 6) is -1.71. The molecule has 0 radical (unpaired) electrons. The van der Waals surface area contributed by atoms with Crippen molar-refractivity contribution in [3.63, 3.8) is 0 Å². The average molecular weight is 227 g/mol. The Hall–Kier alpha value is -2.25. The molecule has 0 bridgehead atoms. The molecule has 1 heterocycles. The maximum atomic E-state index is 11.2. The molecule has 1 aromatic rings. The first kappa shape index (κ1) is 11.8. The summed E-state index contributed by atoms with van der Waals surface area (Å²) >= 11 is 0. The Morgan fingerprint density at radius 3 is 2.69 bits per heavy atom. The molecule has 1 rings (SSSR count). The largest absolute Gasteiger partial charge is 0.465 e. The summed E-state index contributed by atoms with van der Waals surface area (Å²) in [5, 5.41) is 14.1. The average Bonchev–Trinajstić information content (AvgIpc) is 2.59. The summed E-state index contributed by atoms with van der Waals surface area (Å²) in [6.07, 6.45) is 1.12. The van der Waals surface area contributed by atoms with Crippen molar-refractivity contribution in [2.75, 3.05) is 7.11 Å². The predicted octanol–water partition coefficient (Wildman–Crippen LogP) is 0.167. The van der Waals surface area contributed by atoms with Crippen molar-refractivity contribution < 1.29 is 19.2 Å². The normalized spacial score (nSPS) is 9.88. The van der Waals surface area contributed by atoms with E-state index < -0.39 is 16.7 Å². The van der Waals surface area contributed by atoms with Crippen LogP contribution in [-0.2, 0) is 16.1 Å². The van der Waals surface area contributed by atoms with Gasteiger partial charge in [0, 0.05) is 0 Å². The Morgan fingerprint density at radius 2 is 2.25 bits per heavy atom. The van der Waals surface area contributed by atoms with Gasteiger partial charge in [0.05, 0.1) is 18.4 Å². The first-order valence-corrected chi connectivity index (χ1v) is 4.25. The van der Waals surface area contributed by atoms with E-state index >= 15 is 0 Å². The number of Topliss-reactive ketones (excluding diaryl/α,β-unsaturated/α-hetero) is 1. The number of nitrogens with zero attached hydrogens (tertiary/aromatic N) is 3. The molecule has 0 atom stereocenters. The van der Waals surface area contributed by atoms with Crippen LogP contribution >= 0.6 is 0 Å². The van der Waals surface area contributed by atoms with E-state index in [1.54, 1.807) is 0 Å². The van der Waals surface area contributed by atoms with E-state index in [2.05, 4.69) is 9.84 Å². The number of nitro groups is 1. The molecule has 0 aliphatic heterocycles. The topological polar surface area (TPSA) is 104 Å². The third kappa shape index (κ3) is 2.41. The molecule has 8 heteroatoms. The Morgan fingerprint density at radius 1 is 1.62 bits per heavy atom. The molecule has 86 valence electrons. The zero-order chi connectivity index (χ0) is 12.3. The minimum absolute atomic E-state index is 0.127. The maximum absolute atomic E-state index is 11.2. The molecular weight excluding hydrogens is 218 g/mol. The van der Waals surface area contributed by atoms with E-state index in [9.17, 15) is 19.7 Å². The number of ether oxygens (including phenoxy) is 1. The molecule has 0 amide bonds. The van der Waals surface area contributed by atoms with Crippen LogP contribution in [0.1, 0.15) is 17.3 Å². The van der Waals surface area contributed by atoms with Gasteiger partial charge in [0.1, 0.15) is 6.54 Å². The van der Waals surface area contributed by atoms with Gasteiger partial charge < -0.3 is 14.9 Å². The molecule has 16 heavy (non-hydrogen) atoms. The lowest BCUT2D eigenvalue weighted by molar-refractivity contribution is -0.390. The molecule has 0 aliphatic carbocycles. The van der Waals surface area contributed by atoms with Crippen LogP contribution in [0, 0.1) is 10.1 Å². The highest BCUT2D eigenvalue weighted by Gasteiger charge is 2.27. The second-order valence-electron chi connectivity index (χ2n) is 3.01. The quantitative estimate of drug-likeness (QED) is 0.412. The van der Waals surface area contributed by atoms with Crippen molar-refractivity contribution in [2.45, 2.75) is 13.5 Å². The number of esters is 1. The van der Waals surface area contributed by atoms with Crippen LogP contribution in [0.4, 0.5) is 5.82 Å². The van der Waals surface area contributed by atoms with Gasteiger partial charge in [0.15, 0.2) is 11.3 Å². The minimum Gasteiger partial charge on any atom is -0.465 e. The molecular formula is C8H9N3O5. The van der Waals surface area contributed by atoms with Crippen LogP contribution in [0.2, 0.25) is 0 Å². The van der Waals surface area contributed by atoms with Crippen molar-refractivity contribution in [1.29, 1.82) is 0 Å². The number of methoxy groups -OCH3 is 1. The summed E-state index contributed by atoms with van der Waals surface area (Å²) in [7, 11) is 1.11. The minimum atomic E-state index is -0.860. The van der Waals surface area contributed by atoms with Crippen LogP contribution < -0.4 is 0 Å². The SMILES string of the molecule is COC(=O)c1cn(CC(C)=O)nc1[N+](=O)[O-]. The smallest absolute Gasteiger partial charge is 0.404 e. The highest BCUT2D eigenvalue weighted by atomic mass is 16.6. The third-order valence-electron chi connectivity index (χ3n) is 1.71. The van der Waals surface area contributed by atoms with Crippen LogP contribution in [-0.4, -0.2) is 33.6 Å². The summed E-state index contributed by atoms with van der Waals surface area (Å²) in [4.78, 5) is 31.7. The summed E-state index contributed by atoms with van der Waals surface area (Å²) < 4.78 is 5.40. The summed E-state index contributed by atoms with van der Waals surface area (Å²) in [5.41, 5.74) is -0.270. The van der Waals surface area contributed by atoms with Gasteiger partial charge in [-0.15, -0.1) is 0 Å². The van der Waals surface area contributed by atoms with Crippen molar-refractivity contribution in [1.82, 2.24) is 9.78 Å². The highest BCUT2D eigenvalue weighted by Crippen LogP contribution is 2.16. The fraction of sp³-hybridized carbons (Fsp3) is 0.375. The van der Waals surface area contributed by atoms with Gasteiger partial charge in [-0.05, 0) is 11.8 Å². The Kier molecular flexibility index (Phi) is 3.33. The molecule has 0 aliphatic rings. The predicted molar refractivity (Wildman–Crippen MR) is 50.9 cm³/mol. The number of hydrogen-bond donors (Lipinski definition) is 0. The van der Waals surface area contributed by atoms with Crippen molar-refractivity contribution in [3.05, 3.63) is 21.9 Å². The fourth-order valence-corrected chi connectivity index (χ4v) is 1.11. The zero-order valence-electron chi connectivity index (χ0n) is 8.67. The standard InChI is InChI=1S/C8H9N3O5/c1-5(12)3-10-4-6(8(13)16-2)7(9-10)11(14)15/h4H,3H2,1-2H3. The molecule has 0 spiro atoms. The van der Waals surface area contributed by atoms with E-state index in [0.29, 0.717) is 0 Å². The Bertz CT molecular complexity index is 451. The van der Waals surface area contributed by atoms with Crippen molar-refractivity contribution in [3.8, 4) is 0 Å². The van der Waals surface area contributed by atoms with Gasteiger partial charge in [-0.25, -0.2) is 4.79 Å². The monoisotopic (exact) mass is 227 g/mol. The number of carbonyl (C=O) groups is 2. The Labute approximate surface area is 90.0 Å². The van der Waals surface area contributed by atoms with Crippen LogP contribution in [0.25, 0.3) is 0 Å². The molecule has 0 saturated heterocycles. The summed E-state index contributed by atoms with van der Waals surface area (Å²) in [6.45, 7) is 1.18. The number of ketones is 1. The van der Waals surface area contributed by atoms with E-state index in [1.807, 2.05) is 0 Å². The van der Waals surface area contributed by atoms with Crippen molar-refractivity contribution >= 4 is 17.6 Å². The molecule has 0 unspecified atom stereocenters. The number of aromatic nitrogens is 2. The van der Waals surface area contributed by atoms with Crippen LogP contribution in [0.5, 0.6) is 0 Å². The fourth-order valence-electron chi connectivity index (χ4n) is 1.11. The van der Waals surface area contributed by atoms with Gasteiger partial charge in [-0.3, -0.25) is 4.79 Å². The lowest BCUT2D eigenvalue weighted by atomic mass is 10.3. The Balaban J connectivity index is 3.14. The van der Waals surface area contributed by atoms with Gasteiger partial charge in [-0.2, -0.15) is 4.68 Å². The molecule has 0 N–H and O–H groups in total. The van der Waals surface area contributed by atoms with Crippen molar-refractivity contribution in [2.24, 2.45) is 0 Å². The molecule has 0 aromatic carbocycles. The van der Waals surface area contributed by atoms with Gasteiger partial charge in [0.25, 0.3) is 0 Å². The lowest BCUT2D eigenvalue weighted by Gasteiger charge is -1.93. The molecule has 1 aromatic heterocycles. The van der Waals surface area contributed by atoms with Crippen LogP contribution in [0.3, 0.4) is 0 Å².